The van der Waals surface area contributed by atoms with Gasteiger partial charge in [-0.1, -0.05) is 30.3 Å². The van der Waals surface area contributed by atoms with Crippen molar-refractivity contribution in [3.05, 3.63) is 48.5 Å². The minimum atomic E-state index is -6.07. The van der Waals surface area contributed by atoms with Crippen molar-refractivity contribution in [2.45, 2.75) is 43.7 Å². The Morgan fingerprint density at radius 3 is 2.44 bits per heavy atom. The van der Waals surface area contributed by atoms with Crippen LogP contribution in [0.4, 0.5) is 5.82 Å². The molecule has 0 radical (unpaired) electrons. The number of phosphoric ester groups is 1. The number of ether oxygens (including phenoxy) is 3. The number of imidazole rings is 1. The van der Waals surface area contributed by atoms with Crippen molar-refractivity contribution >= 4 is 46.2 Å². The van der Waals surface area contributed by atoms with E-state index in [1.54, 1.807) is 0 Å². The number of aromatic nitrogens is 4. The molecule has 0 saturated carbocycles. The number of aliphatic carboxylic acids is 1. The number of nitrogen functional groups attached to an aromatic ring is 1. The molecule has 2 aliphatic heterocycles. The van der Waals surface area contributed by atoms with Gasteiger partial charge in [0.05, 0.1) is 19.4 Å². The molecule has 5 unspecified atom stereocenters. The van der Waals surface area contributed by atoms with Gasteiger partial charge < -0.3 is 48.8 Å². The van der Waals surface area contributed by atoms with Gasteiger partial charge in [-0.05, 0) is 5.56 Å². The number of rotatable bonds is 13. The van der Waals surface area contributed by atoms with Crippen LogP contribution in [0.2, 0.25) is 0 Å². The number of carboxylic acids is 1. The second-order valence-corrected chi connectivity index (χ2v) is 14.3. The molecule has 0 bridgehead atoms. The molecule has 2 aliphatic rings. The van der Waals surface area contributed by atoms with Crippen LogP contribution >= 0.6 is 23.2 Å². The smallest absolute Gasteiger partial charge is 0.303 e. The van der Waals surface area contributed by atoms with Crippen LogP contribution in [-0.4, -0.2) is 68.0 Å². The fourth-order valence-corrected chi connectivity index (χ4v) is 8.36. The van der Waals surface area contributed by atoms with Crippen LogP contribution in [0.15, 0.2) is 43.0 Å². The molecular weight excluding hydrogens is 639 g/mol. The van der Waals surface area contributed by atoms with Crippen LogP contribution < -0.4 is 20.4 Å². The number of nitrogens with zero attached hydrogens (tertiary/aromatic N) is 4. The van der Waals surface area contributed by atoms with E-state index in [1.165, 1.54) is 17.2 Å². The van der Waals surface area contributed by atoms with E-state index >= 15 is 0 Å². The summed E-state index contributed by atoms with van der Waals surface area (Å²) in [6, 6.07) is 9.21. The summed E-state index contributed by atoms with van der Waals surface area (Å²) < 4.78 is 68.0. The summed E-state index contributed by atoms with van der Waals surface area (Å²) in [4.78, 5) is 58.9. The molecule has 19 nitrogen and oxygen atoms in total. The maximum absolute atomic E-state index is 12.3. The van der Waals surface area contributed by atoms with Crippen LogP contribution in [0.25, 0.3) is 11.2 Å². The van der Waals surface area contributed by atoms with Gasteiger partial charge in [-0.3, -0.25) is 22.8 Å². The average molecular weight is 662 g/mol. The van der Waals surface area contributed by atoms with Crippen LogP contribution in [0.1, 0.15) is 18.2 Å². The topological polar surface area (TPSA) is 283 Å². The van der Waals surface area contributed by atoms with Crippen LogP contribution in [0.3, 0.4) is 0 Å². The number of phosphoric acid groups is 2. The Kier molecular flexibility index (Phi) is 9.17. The van der Waals surface area contributed by atoms with Crippen LogP contribution in [0.5, 0.6) is 0 Å². The monoisotopic (exact) mass is 662 g/mol. The maximum atomic E-state index is 12.3. The Labute approximate surface area is 242 Å². The molecule has 5 rings (SSSR count). The highest BCUT2D eigenvalue weighted by Crippen LogP contribution is 2.62. The second kappa shape index (κ2) is 12.4. The Morgan fingerprint density at radius 2 is 1.72 bits per heavy atom. The first-order valence-electron chi connectivity index (χ1n) is 12.4. The van der Waals surface area contributed by atoms with Gasteiger partial charge in [-0.2, -0.15) is 0 Å². The Bertz CT molecular complexity index is 1630. The highest BCUT2D eigenvalue weighted by atomic mass is 31.3. The molecule has 43 heavy (non-hydrogen) atoms. The quantitative estimate of drug-likeness (QED) is 0.222. The number of benzene rings is 1. The molecule has 4 heterocycles. The molecule has 0 spiro atoms. The molecule has 8 atom stereocenters. The van der Waals surface area contributed by atoms with Gasteiger partial charge in [0.15, 0.2) is 24.0 Å². The molecule has 0 amide bonds. The highest BCUT2D eigenvalue weighted by molar-refractivity contribution is 7.66. The number of hydrogen-bond acceptors (Lipinski definition) is 17. The molecule has 3 aromatic rings. The Morgan fingerprint density at radius 1 is 1.00 bits per heavy atom. The van der Waals surface area contributed by atoms with Crippen LogP contribution in [0, 0.1) is 0 Å². The number of anilines is 1. The number of fused-ring (bicyclic) bond motifs is 2. The van der Waals surface area contributed by atoms with Crippen molar-refractivity contribution in [1.82, 2.24) is 19.5 Å². The molecule has 1 aromatic carbocycles. The van der Waals surface area contributed by atoms with E-state index in [9.17, 15) is 33.2 Å². The lowest BCUT2D eigenvalue weighted by Crippen LogP contribution is -2.32. The standard InChI is InChI=1S/C21H26N5O14P3/c22-19-16-20(24-10-23-19)26(11-25-16)21-18-17(37-15(38-18)8-12-4-2-1-3-5-12)13(36-21)9-35-42(31,32)40-43(33,34)39-41(29,30)7-6-14(27)28/h1-5,10-11,13,15,17-18,21H,6-9H2,(H,27,28)(H,29,30)(H,31,32)(H,33,34)(H2,22,23,24)/p-3/t13-,15?,17+,18?,21-/m1/s1. The van der Waals surface area contributed by atoms with Gasteiger partial charge in [-0.25, -0.2) is 19.3 Å². The number of nitrogens with two attached hydrogens (primary N) is 1. The van der Waals surface area contributed by atoms with E-state index in [4.69, 9.17) is 29.6 Å². The van der Waals surface area contributed by atoms with Gasteiger partial charge >= 0.3 is 5.97 Å². The Balaban J connectivity index is 1.30. The summed E-state index contributed by atoms with van der Waals surface area (Å²) >= 11 is 0. The molecule has 2 fully saturated rings. The van der Waals surface area contributed by atoms with E-state index in [-0.39, 0.29) is 17.0 Å². The van der Waals surface area contributed by atoms with Crippen molar-refractivity contribution in [3.8, 4) is 0 Å². The molecular formula is C21H23N5O14P3-3. The van der Waals surface area contributed by atoms with Crippen molar-refractivity contribution in [3.63, 3.8) is 0 Å². The van der Waals surface area contributed by atoms with Crippen molar-refractivity contribution in [2.75, 3.05) is 18.5 Å². The van der Waals surface area contributed by atoms with Gasteiger partial charge in [0.2, 0.25) is 0 Å². The fourth-order valence-electron chi connectivity index (χ4n) is 4.47. The minimum Gasteiger partial charge on any atom is -0.778 e. The zero-order valence-corrected chi connectivity index (χ0v) is 24.4. The third kappa shape index (κ3) is 7.72. The third-order valence-electron chi connectivity index (χ3n) is 6.23. The van der Waals surface area contributed by atoms with E-state index in [0.717, 1.165) is 5.56 Å². The van der Waals surface area contributed by atoms with E-state index in [0.29, 0.717) is 6.42 Å². The first kappa shape index (κ1) is 31.8. The zero-order chi connectivity index (χ0) is 31.0. The van der Waals surface area contributed by atoms with E-state index in [2.05, 4.69) is 23.6 Å². The summed E-state index contributed by atoms with van der Waals surface area (Å²) in [5.41, 5.74) is 7.31. The molecule has 0 aliphatic carbocycles. The summed E-state index contributed by atoms with van der Waals surface area (Å²) in [7, 11) is -17.2. The highest BCUT2D eigenvalue weighted by Gasteiger charge is 2.54. The summed E-state index contributed by atoms with van der Waals surface area (Å²) in [5.74, 6) is -1.46. The summed E-state index contributed by atoms with van der Waals surface area (Å²) in [6.45, 7) is -0.850. The van der Waals surface area contributed by atoms with Crippen molar-refractivity contribution in [1.29, 1.82) is 0 Å². The lowest BCUT2D eigenvalue weighted by Gasteiger charge is -2.35. The van der Waals surface area contributed by atoms with Gasteiger partial charge in [-0.15, -0.1) is 0 Å². The van der Waals surface area contributed by atoms with Crippen LogP contribution in [-0.2, 0) is 52.3 Å². The SMILES string of the molecule is Nc1ncnc2c1ncn2[C@@H]1O[C@H](COP(=O)([O-])OP(=O)([O-])OP(=O)([O-])CCC(=O)O)[C@@H]2OC(Cc3ccccc3)OC21. The molecule has 22 heteroatoms. The fraction of sp³-hybridized carbons (Fsp3) is 0.429. The first-order chi connectivity index (χ1) is 20.2. The predicted molar refractivity (Wildman–Crippen MR) is 135 cm³/mol. The summed E-state index contributed by atoms with van der Waals surface area (Å²) in [5, 5.41) is 8.58. The lowest BCUT2D eigenvalue weighted by atomic mass is 10.1. The zero-order valence-electron chi connectivity index (χ0n) is 21.7. The number of carboxylic acid groups (broad SMARTS) is 1. The second-order valence-electron chi connectivity index (χ2n) is 9.30. The molecule has 2 saturated heterocycles. The summed E-state index contributed by atoms with van der Waals surface area (Å²) in [6.07, 6.45) is -4.08. The third-order valence-corrected chi connectivity index (χ3v) is 10.9. The largest absolute Gasteiger partial charge is 0.778 e. The minimum absolute atomic E-state index is 0.100. The van der Waals surface area contributed by atoms with E-state index < -0.39 is 79.2 Å². The Hall–Kier alpha value is -2.63. The number of carbonyl (C=O) groups is 1. The van der Waals surface area contributed by atoms with E-state index in [1.807, 2.05) is 30.3 Å². The van der Waals surface area contributed by atoms with Gasteiger partial charge in [0, 0.05) is 12.6 Å². The molecule has 234 valence electrons. The predicted octanol–water partition coefficient (Wildman–Crippen LogP) is -0.327. The number of hydrogen-bond donors (Lipinski definition) is 2. The lowest BCUT2D eigenvalue weighted by molar-refractivity contribution is -0.246. The molecule has 3 N–H and O–H groups in total. The normalized spacial score (nSPS) is 27.7. The average Bonchev–Trinajstić information content (AvgIpc) is 3.60. The van der Waals surface area contributed by atoms with Crippen molar-refractivity contribution in [2.24, 2.45) is 0 Å². The molecule has 2 aromatic heterocycles. The first-order valence-corrected chi connectivity index (χ1v) is 17.0. The van der Waals surface area contributed by atoms with Crippen molar-refractivity contribution < 1.29 is 65.6 Å². The van der Waals surface area contributed by atoms with Gasteiger partial charge in [0.1, 0.15) is 37.8 Å². The maximum Gasteiger partial charge on any atom is 0.303 e. The van der Waals surface area contributed by atoms with Gasteiger partial charge in [0.25, 0.3) is 15.6 Å².